The lowest BCUT2D eigenvalue weighted by molar-refractivity contribution is 0.294. The highest BCUT2D eigenvalue weighted by Gasteiger charge is 2.06. The van der Waals surface area contributed by atoms with E-state index < -0.39 is 0 Å². The van der Waals surface area contributed by atoms with Crippen LogP contribution in [-0.2, 0) is 6.61 Å². The lowest BCUT2D eigenvalue weighted by atomic mass is 10.0. The van der Waals surface area contributed by atoms with Crippen LogP contribution >= 0.6 is 12.4 Å². The van der Waals surface area contributed by atoms with Gasteiger partial charge in [0.15, 0.2) is 0 Å². The molecule has 1 aromatic carbocycles. The minimum Gasteiger partial charge on any atom is -0.473 e. The second-order valence-electron chi connectivity index (χ2n) is 4.84. The molecule has 0 radical (unpaired) electrons. The highest BCUT2D eigenvalue weighted by Crippen LogP contribution is 2.20. The highest BCUT2D eigenvalue weighted by atomic mass is 35.5. The summed E-state index contributed by atoms with van der Waals surface area (Å²) in [5.41, 5.74) is 3.71. The Morgan fingerprint density at radius 1 is 1.10 bits per heavy atom. The fourth-order valence-electron chi connectivity index (χ4n) is 2.27. The van der Waals surface area contributed by atoms with Crippen LogP contribution in [0.3, 0.4) is 0 Å². The maximum atomic E-state index is 5.69. The first-order valence-corrected chi connectivity index (χ1v) is 6.95. The topological polar surface area (TPSA) is 34.1 Å². The van der Waals surface area contributed by atoms with Gasteiger partial charge in [-0.3, -0.25) is 0 Å². The summed E-state index contributed by atoms with van der Waals surface area (Å²) in [6.07, 6.45) is 5.19. The minimum absolute atomic E-state index is 0. The number of ether oxygens (including phenoxy) is 1. The summed E-state index contributed by atoms with van der Waals surface area (Å²) < 4.78 is 5.69. The van der Waals surface area contributed by atoms with E-state index >= 15 is 0 Å². The molecule has 0 spiro atoms. The maximum absolute atomic E-state index is 5.69. The molecule has 1 aliphatic rings. The number of nitrogens with one attached hydrogen (secondary N) is 1. The molecule has 0 saturated heterocycles. The molecule has 0 amide bonds. The number of rotatable bonds is 4. The van der Waals surface area contributed by atoms with Gasteiger partial charge in [0.1, 0.15) is 6.61 Å². The van der Waals surface area contributed by atoms with Crippen molar-refractivity contribution in [1.82, 2.24) is 10.3 Å². The predicted octanol–water partition coefficient (Wildman–Crippen LogP) is 3.46. The summed E-state index contributed by atoms with van der Waals surface area (Å²) in [6.45, 7) is 2.54. The van der Waals surface area contributed by atoms with Crippen LogP contribution in [0.1, 0.15) is 17.5 Å². The van der Waals surface area contributed by atoms with E-state index in [1.165, 1.54) is 11.1 Å². The number of hydrogen-bond acceptors (Lipinski definition) is 3. The van der Waals surface area contributed by atoms with Gasteiger partial charge in [0.25, 0.3) is 0 Å². The highest BCUT2D eigenvalue weighted by molar-refractivity contribution is 5.85. The molecule has 1 aromatic heterocycles. The molecule has 0 bridgehead atoms. The Hall–Kier alpha value is -1.84. The fraction of sp³-hybridized carbons (Fsp3) is 0.235. The van der Waals surface area contributed by atoms with E-state index in [4.69, 9.17) is 4.74 Å². The molecule has 4 heteroatoms. The van der Waals surface area contributed by atoms with Crippen molar-refractivity contribution >= 4 is 18.0 Å². The average Bonchev–Trinajstić information content (AvgIpc) is 2.55. The van der Waals surface area contributed by atoms with Crippen LogP contribution in [0, 0.1) is 0 Å². The normalized spacial score (nSPS) is 14.0. The molecule has 2 heterocycles. The van der Waals surface area contributed by atoms with Crippen LogP contribution in [0.15, 0.2) is 54.7 Å². The third-order valence-corrected chi connectivity index (χ3v) is 3.40. The van der Waals surface area contributed by atoms with Crippen LogP contribution in [0.2, 0.25) is 0 Å². The zero-order valence-electron chi connectivity index (χ0n) is 11.8. The third-order valence-electron chi connectivity index (χ3n) is 3.40. The standard InChI is InChI=1S/C17H18N2O.ClH/c1-2-4-14(5-3-1)13-20-17-7-6-16(12-19-17)15-8-10-18-11-9-15;/h1-8,12,18H,9-11,13H2;1H. The minimum atomic E-state index is 0. The number of hydrogen-bond donors (Lipinski definition) is 1. The van der Waals surface area contributed by atoms with Gasteiger partial charge in [0.2, 0.25) is 5.88 Å². The molecule has 0 aliphatic carbocycles. The van der Waals surface area contributed by atoms with Gasteiger partial charge >= 0.3 is 0 Å². The molecule has 110 valence electrons. The smallest absolute Gasteiger partial charge is 0.213 e. The number of nitrogens with zero attached hydrogens (tertiary/aromatic N) is 1. The molecule has 2 aromatic rings. The van der Waals surface area contributed by atoms with Gasteiger partial charge in [0.05, 0.1) is 0 Å². The monoisotopic (exact) mass is 302 g/mol. The molecule has 1 N–H and O–H groups in total. The first-order chi connectivity index (χ1) is 9.92. The number of benzene rings is 1. The largest absolute Gasteiger partial charge is 0.473 e. The van der Waals surface area contributed by atoms with Crippen molar-refractivity contribution in [3.8, 4) is 5.88 Å². The van der Waals surface area contributed by atoms with E-state index in [2.05, 4.69) is 22.4 Å². The van der Waals surface area contributed by atoms with Crippen molar-refractivity contribution in [3.63, 3.8) is 0 Å². The summed E-state index contributed by atoms with van der Waals surface area (Å²) in [5, 5.41) is 3.31. The quantitative estimate of drug-likeness (QED) is 0.939. The average molecular weight is 303 g/mol. The van der Waals surface area contributed by atoms with Gasteiger partial charge in [-0.1, -0.05) is 36.4 Å². The molecule has 0 unspecified atom stereocenters. The Kier molecular flexibility index (Phi) is 5.78. The summed E-state index contributed by atoms with van der Waals surface area (Å²) >= 11 is 0. The second-order valence-corrected chi connectivity index (χ2v) is 4.84. The molecule has 0 saturated carbocycles. The molecule has 3 nitrogen and oxygen atoms in total. The Morgan fingerprint density at radius 2 is 1.95 bits per heavy atom. The van der Waals surface area contributed by atoms with Gasteiger partial charge < -0.3 is 10.1 Å². The van der Waals surface area contributed by atoms with Crippen LogP contribution in [0.5, 0.6) is 5.88 Å². The summed E-state index contributed by atoms with van der Waals surface area (Å²) in [4.78, 5) is 4.39. The van der Waals surface area contributed by atoms with Crippen LogP contribution < -0.4 is 10.1 Å². The maximum Gasteiger partial charge on any atom is 0.213 e. The Labute approximate surface area is 131 Å². The zero-order chi connectivity index (χ0) is 13.6. The molecule has 1 aliphatic heterocycles. The van der Waals surface area contributed by atoms with Crippen molar-refractivity contribution in [2.24, 2.45) is 0 Å². The summed E-state index contributed by atoms with van der Waals surface area (Å²) in [6, 6.07) is 14.2. The van der Waals surface area contributed by atoms with E-state index in [0.717, 1.165) is 25.1 Å². The zero-order valence-corrected chi connectivity index (χ0v) is 12.6. The predicted molar refractivity (Wildman–Crippen MR) is 87.7 cm³/mol. The summed E-state index contributed by atoms with van der Waals surface area (Å²) in [7, 11) is 0. The first-order valence-electron chi connectivity index (χ1n) is 6.95. The molecular weight excluding hydrogens is 284 g/mol. The SMILES string of the molecule is C1=C(c2ccc(OCc3ccccc3)nc2)CCNC1.Cl. The van der Waals surface area contributed by atoms with Crippen molar-refractivity contribution in [2.45, 2.75) is 13.0 Å². The van der Waals surface area contributed by atoms with Crippen LogP contribution in [0.4, 0.5) is 0 Å². The third kappa shape index (κ3) is 4.31. The van der Waals surface area contributed by atoms with Gasteiger partial charge in [0, 0.05) is 18.8 Å². The van der Waals surface area contributed by atoms with Crippen molar-refractivity contribution in [1.29, 1.82) is 0 Å². The van der Waals surface area contributed by atoms with E-state index in [0.29, 0.717) is 12.5 Å². The van der Waals surface area contributed by atoms with E-state index in [9.17, 15) is 0 Å². The fourth-order valence-corrected chi connectivity index (χ4v) is 2.27. The molecule has 3 rings (SSSR count). The van der Waals surface area contributed by atoms with Crippen LogP contribution in [0.25, 0.3) is 5.57 Å². The Morgan fingerprint density at radius 3 is 2.62 bits per heavy atom. The first kappa shape index (κ1) is 15.5. The van der Waals surface area contributed by atoms with E-state index in [1.807, 2.05) is 42.6 Å². The summed E-state index contributed by atoms with van der Waals surface area (Å²) in [5.74, 6) is 0.673. The Balaban J connectivity index is 0.00000161. The Bertz CT molecular complexity index is 581. The van der Waals surface area contributed by atoms with E-state index in [-0.39, 0.29) is 12.4 Å². The lowest BCUT2D eigenvalue weighted by Crippen LogP contribution is -2.20. The van der Waals surface area contributed by atoms with Gasteiger partial charge in [-0.05, 0) is 35.7 Å². The number of aromatic nitrogens is 1. The van der Waals surface area contributed by atoms with Gasteiger partial charge in [-0.15, -0.1) is 12.4 Å². The molecule has 0 fully saturated rings. The van der Waals surface area contributed by atoms with Gasteiger partial charge in [-0.2, -0.15) is 0 Å². The molecule has 21 heavy (non-hydrogen) atoms. The van der Waals surface area contributed by atoms with Crippen molar-refractivity contribution in [3.05, 3.63) is 65.9 Å². The van der Waals surface area contributed by atoms with E-state index in [1.54, 1.807) is 0 Å². The number of pyridine rings is 1. The molecule has 0 atom stereocenters. The second kappa shape index (κ2) is 7.81. The molecular formula is C17H19ClN2O. The number of halogens is 1. The van der Waals surface area contributed by atoms with Crippen molar-refractivity contribution < 1.29 is 4.74 Å². The lowest BCUT2D eigenvalue weighted by Gasteiger charge is -2.14. The van der Waals surface area contributed by atoms with Crippen molar-refractivity contribution in [2.75, 3.05) is 13.1 Å². The van der Waals surface area contributed by atoms with Gasteiger partial charge in [-0.25, -0.2) is 4.98 Å². The van der Waals surface area contributed by atoms with Crippen LogP contribution in [-0.4, -0.2) is 18.1 Å².